The molecule has 0 saturated carbocycles. The van der Waals surface area contributed by atoms with Crippen molar-refractivity contribution in [1.82, 2.24) is 10.6 Å². The van der Waals surface area contributed by atoms with Crippen LogP contribution in [0.4, 0.5) is 0 Å². The molecule has 0 spiro atoms. The summed E-state index contributed by atoms with van der Waals surface area (Å²) in [6, 6.07) is 7.15. The second-order valence-corrected chi connectivity index (χ2v) is 5.81. The molecule has 0 unspecified atom stereocenters. The fourth-order valence-electron chi connectivity index (χ4n) is 2.29. The van der Waals surface area contributed by atoms with Gasteiger partial charge in [0.15, 0.2) is 0 Å². The zero-order chi connectivity index (χ0) is 14.4. The Kier molecular flexibility index (Phi) is 5.47. The summed E-state index contributed by atoms with van der Waals surface area (Å²) in [5.74, 6) is 0.636. The first kappa shape index (κ1) is 14.9. The standard InChI is InChI=1S/C15H20N2O2S/c1-20-10-11-5-4-6-12(9-11)14(18)17-13-7-2-3-8-16-15(13)19/h4-6,9,13H,2-3,7-8,10H2,1H3,(H,16,19)(H,17,18)/t13-/m1/s1. The molecule has 1 aromatic carbocycles. The number of nitrogens with one attached hydrogen (secondary N) is 2. The summed E-state index contributed by atoms with van der Waals surface area (Å²) in [7, 11) is 0. The number of amides is 2. The summed E-state index contributed by atoms with van der Waals surface area (Å²) in [4.78, 5) is 24.1. The zero-order valence-corrected chi connectivity index (χ0v) is 12.5. The Balaban J connectivity index is 2.03. The maximum atomic E-state index is 12.2. The van der Waals surface area contributed by atoms with E-state index in [0.717, 1.165) is 24.2 Å². The van der Waals surface area contributed by atoms with Crippen molar-refractivity contribution < 1.29 is 9.59 Å². The Hall–Kier alpha value is -1.49. The van der Waals surface area contributed by atoms with Crippen LogP contribution in [0.2, 0.25) is 0 Å². The third kappa shape index (κ3) is 4.00. The van der Waals surface area contributed by atoms with E-state index in [1.54, 1.807) is 17.8 Å². The van der Waals surface area contributed by atoms with Gasteiger partial charge in [-0.2, -0.15) is 11.8 Å². The van der Waals surface area contributed by atoms with Gasteiger partial charge in [0.1, 0.15) is 6.04 Å². The average Bonchev–Trinajstić information content (AvgIpc) is 2.65. The van der Waals surface area contributed by atoms with Crippen LogP contribution in [-0.2, 0) is 10.5 Å². The second-order valence-electron chi connectivity index (χ2n) is 4.95. The molecule has 108 valence electrons. The van der Waals surface area contributed by atoms with Crippen LogP contribution in [0, 0.1) is 0 Å². The first-order chi connectivity index (χ1) is 9.70. The molecule has 5 heteroatoms. The lowest BCUT2D eigenvalue weighted by Crippen LogP contribution is -2.45. The summed E-state index contributed by atoms with van der Waals surface area (Å²) in [6.07, 6.45) is 4.67. The summed E-state index contributed by atoms with van der Waals surface area (Å²) in [5.41, 5.74) is 1.74. The lowest BCUT2D eigenvalue weighted by atomic mass is 10.1. The highest BCUT2D eigenvalue weighted by molar-refractivity contribution is 7.97. The van der Waals surface area contributed by atoms with Crippen LogP contribution in [0.15, 0.2) is 24.3 Å². The molecule has 1 heterocycles. The molecule has 0 bridgehead atoms. The lowest BCUT2D eigenvalue weighted by Gasteiger charge is -2.15. The first-order valence-corrected chi connectivity index (χ1v) is 8.26. The third-order valence-corrected chi connectivity index (χ3v) is 3.96. The fraction of sp³-hybridized carbons (Fsp3) is 0.467. The van der Waals surface area contributed by atoms with Crippen molar-refractivity contribution in [2.45, 2.75) is 31.1 Å². The molecule has 4 nitrogen and oxygen atoms in total. The predicted molar refractivity (Wildman–Crippen MR) is 81.8 cm³/mol. The van der Waals surface area contributed by atoms with Crippen molar-refractivity contribution in [3.63, 3.8) is 0 Å². The molecule has 2 rings (SSSR count). The van der Waals surface area contributed by atoms with Crippen molar-refractivity contribution in [2.24, 2.45) is 0 Å². The Morgan fingerprint density at radius 1 is 1.45 bits per heavy atom. The van der Waals surface area contributed by atoms with Crippen molar-refractivity contribution >= 4 is 23.6 Å². The maximum Gasteiger partial charge on any atom is 0.251 e. The average molecular weight is 292 g/mol. The summed E-state index contributed by atoms with van der Waals surface area (Å²) in [6.45, 7) is 0.703. The largest absolute Gasteiger partial charge is 0.354 e. The minimum Gasteiger partial charge on any atom is -0.354 e. The highest BCUT2D eigenvalue weighted by atomic mass is 32.2. The molecular weight excluding hydrogens is 272 g/mol. The van der Waals surface area contributed by atoms with E-state index in [9.17, 15) is 9.59 Å². The second kappa shape index (κ2) is 7.33. The number of carbonyl (C=O) groups excluding carboxylic acids is 2. The van der Waals surface area contributed by atoms with Crippen molar-refractivity contribution in [3.8, 4) is 0 Å². The minimum atomic E-state index is -0.408. The highest BCUT2D eigenvalue weighted by Gasteiger charge is 2.22. The van der Waals surface area contributed by atoms with Gasteiger partial charge < -0.3 is 10.6 Å². The van der Waals surface area contributed by atoms with Crippen LogP contribution in [-0.4, -0.2) is 30.7 Å². The van der Waals surface area contributed by atoms with E-state index in [1.165, 1.54) is 0 Å². The van der Waals surface area contributed by atoms with E-state index in [1.807, 2.05) is 24.5 Å². The summed E-state index contributed by atoms with van der Waals surface area (Å²) in [5, 5.41) is 5.66. The van der Waals surface area contributed by atoms with E-state index in [-0.39, 0.29) is 11.8 Å². The topological polar surface area (TPSA) is 58.2 Å². The smallest absolute Gasteiger partial charge is 0.251 e. The molecule has 0 aliphatic carbocycles. The van der Waals surface area contributed by atoms with Crippen molar-refractivity contribution in [3.05, 3.63) is 35.4 Å². The molecule has 1 aromatic rings. The number of hydrogen-bond donors (Lipinski definition) is 2. The van der Waals surface area contributed by atoms with E-state index in [4.69, 9.17) is 0 Å². The molecule has 1 aliphatic heterocycles. The minimum absolute atomic E-state index is 0.0730. The monoisotopic (exact) mass is 292 g/mol. The quantitative estimate of drug-likeness (QED) is 0.892. The van der Waals surface area contributed by atoms with Crippen LogP contribution in [0.3, 0.4) is 0 Å². The lowest BCUT2D eigenvalue weighted by molar-refractivity contribution is -0.122. The van der Waals surface area contributed by atoms with Gasteiger partial charge >= 0.3 is 0 Å². The first-order valence-electron chi connectivity index (χ1n) is 6.87. The van der Waals surface area contributed by atoms with Crippen molar-refractivity contribution in [1.29, 1.82) is 0 Å². The molecule has 1 atom stereocenters. The van der Waals surface area contributed by atoms with E-state index in [2.05, 4.69) is 10.6 Å². The van der Waals surface area contributed by atoms with Gasteiger partial charge in [0.05, 0.1) is 0 Å². The van der Waals surface area contributed by atoms with Gasteiger partial charge in [0.2, 0.25) is 5.91 Å². The van der Waals surface area contributed by atoms with Gasteiger partial charge in [-0.1, -0.05) is 12.1 Å². The van der Waals surface area contributed by atoms with Crippen LogP contribution < -0.4 is 10.6 Å². The molecule has 0 aromatic heterocycles. The molecule has 2 amide bonds. The zero-order valence-electron chi connectivity index (χ0n) is 11.6. The molecule has 1 aliphatic rings. The number of hydrogen-bond acceptors (Lipinski definition) is 3. The Morgan fingerprint density at radius 3 is 3.10 bits per heavy atom. The Labute approximate surface area is 123 Å². The molecule has 2 N–H and O–H groups in total. The molecule has 0 radical (unpaired) electrons. The molecule has 20 heavy (non-hydrogen) atoms. The highest BCUT2D eigenvalue weighted by Crippen LogP contribution is 2.12. The van der Waals surface area contributed by atoms with Crippen LogP contribution in [0.25, 0.3) is 0 Å². The predicted octanol–water partition coefficient (Wildman–Crippen LogP) is 1.95. The number of rotatable bonds is 4. The maximum absolute atomic E-state index is 12.2. The van der Waals surface area contributed by atoms with Crippen LogP contribution >= 0.6 is 11.8 Å². The van der Waals surface area contributed by atoms with Gasteiger partial charge in [-0.15, -0.1) is 0 Å². The van der Waals surface area contributed by atoms with Gasteiger partial charge in [0.25, 0.3) is 5.91 Å². The van der Waals surface area contributed by atoms with Crippen LogP contribution in [0.1, 0.15) is 35.2 Å². The SMILES string of the molecule is CSCc1cccc(C(=O)N[C@@H]2CCCCNC2=O)c1. The number of benzene rings is 1. The summed E-state index contributed by atoms with van der Waals surface area (Å²) >= 11 is 1.72. The van der Waals surface area contributed by atoms with Gasteiger partial charge in [-0.3, -0.25) is 9.59 Å². The van der Waals surface area contributed by atoms with E-state index >= 15 is 0 Å². The summed E-state index contributed by atoms with van der Waals surface area (Å²) < 4.78 is 0. The van der Waals surface area contributed by atoms with Gasteiger partial charge in [0, 0.05) is 17.9 Å². The van der Waals surface area contributed by atoms with Gasteiger partial charge in [-0.05, 0) is 43.2 Å². The van der Waals surface area contributed by atoms with E-state index < -0.39 is 6.04 Å². The third-order valence-electron chi connectivity index (χ3n) is 3.34. The van der Waals surface area contributed by atoms with Gasteiger partial charge in [-0.25, -0.2) is 0 Å². The number of thioether (sulfide) groups is 1. The number of carbonyl (C=O) groups is 2. The molecule has 1 fully saturated rings. The Morgan fingerprint density at radius 2 is 2.30 bits per heavy atom. The van der Waals surface area contributed by atoms with E-state index in [0.29, 0.717) is 18.5 Å². The normalized spacial score (nSPS) is 19.1. The van der Waals surface area contributed by atoms with Crippen LogP contribution in [0.5, 0.6) is 0 Å². The molecular formula is C15H20N2O2S. The Bertz CT molecular complexity index is 491. The van der Waals surface area contributed by atoms with Crippen molar-refractivity contribution in [2.75, 3.05) is 12.8 Å². The molecule has 1 saturated heterocycles. The fourth-order valence-corrected chi connectivity index (χ4v) is 2.80.